The van der Waals surface area contributed by atoms with Crippen molar-refractivity contribution in [3.63, 3.8) is 0 Å². The first kappa shape index (κ1) is 15.4. The summed E-state index contributed by atoms with van der Waals surface area (Å²) in [6.45, 7) is 0. The Kier molecular flexibility index (Phi) is 4.26. The summed E-state index contributed by atoms with van der Waals surface area (Å²) in [6, 6.07) is 2.81. The molecule has 0 unspecified atom stereocenters. The number of methoxy groups -OCH3 is 1. The van der Waals surface area contributed by atoms with Gasteiger partial charge in [-0.3, -0.25) is 4.79 Å². The van der Waals surface area contributed by atoms with Crippen molar-refractivity contribution in [3.05, 3.63) is 51.9 Å². The summed E-state index contributed by atoms with van der Waals surface area (Å²) in [5.41, 5.74) is -1.24. The van der Waals surface area contributed by atoms with Crippen LogP contribution in [0.25, 0.3) is 0 Å². The van der Waals surface area contributed by atoms with Crippen LogP contribution in [-0.4, -0.2) is 22.9 Å². The number of ether oxygens (including phenoxy) is 1. The van der Waals surface area contributed by atoms with E-state index in [-0.39, 0.29) is 21.6 Å². The van der Waals surface area contributed by atoms with Gasteiger partial charge in [0.05, 0.1) is 12.7 Å². The van der Waals surface area contributed by atoms with Gasteiger partial charge in [-0.15, -0.1) is 0 Å². The molecule has 0 fully saturated rings. The predicted octanol–water partition coefficient (Wildman–Crippen LogP) is 3.50. The van der Waals surface area contributed by atoms with E-state index in [1.54, 1.807) is 0 Å². The summed E-state index contributed by atoms with van der Waals surface area (Å²) >= 11 is 3.06. The van der Waals surface area contributed by atoms with Gasteiger partial charge in [-0.2, -0.15) is 13.2 Å². The van der Waals surface area contributed by atoms with E-state index >= 15 is 0 Å². The summed E-state index contributed by atoms with van der Waals surface area (Å²) in [6.07, 6.45) is -1.96. The SMILES string of the molecule is COc1nccnc1C(=O)c1cc(C(F)(F)F)ccc1Br. The van der Waals surface area contributed by atoms with Crippen LogP contribution in [0.5, 0.6) is 5.88 Å². The lowest BCUT2D eigenvalue weighted by molar-refractivity contribution is -0.137. The number of benzene rings is 1. The largest absolute Gasteiger partial charge is 0.479 e. The molecule has 0 N–H and O–H groups in total. The molecule has 0 aliphatic heterocycles. The number of alkyl halides is 3. The smallest absolute Gasteiger partial charge is 0.416 e. The lowest BCUT2D eigenvalue weighted by Crippen LogP contribution is -2.11. The molecule has 0 saturated heterocycles. The monoisotopic (exact) mass is 360 g/mol. The Morgan fingerprint density at radius 2 is 1.90 bits per heavy atom. The van der Waals surface area contributed by atoms with E-state index in [1.165, 1.54) is 25.6 Å². The third-order valence-corrected chi connectivity index (χ3v) is 3.30. The van der Waals surface area contributed by atoms with Crippen LogP contribution in [0.3, 0.4) is 0 Å². The Morgan fingerprint density at radius 1 is 1.24 bits per heavy atom. The average Bonchev–Trinajstić information content (AvgIpc) is 2.45. The third kappa shape index (κ3) is 3.21. The van der Waals surface area contributed by atoms with E-state index in [4.69, 9.17) is 4.74 Å². The van der Waals surface area contributed by atoms with Crippen molar-refractivity contribution >= 4 is 21.7 Å². The van der Waals surface area contributed by atoms with Crippen molar-refractivity contribution in [1.29, 1.82) is 0 Å². The molecule has 0 amide bonds. The van der Waals surface area contributed by atoms with Crippen molar-refractivity contribution in [2.45, 2.75) is 6.18 Å². The molecule has 0 aliphatic rings. The van der Waals surface area contributed by atoms with E-state index in [0.29, 0.717) is 0 Å². The highest BCUT2D eigenvalue weighted by Gasteiger charge is 2.32. The van der Waals surface area contributed by atoms with Gasteiger partial charge >= 0.3 is 6.18 Å². The van der Waals surface area contributed by atoms with Crippen molar-refractivity contribution in [2.24, 2.45) is 0 Å². The molecule has 1 heterocycles. The number of rotatable bonds is 3. The standard InChI is InChI=1S/C13H8BrF3N2O2/c1-21-12-10(18-4-5-19-12)11(20)8-6-7(13(15,16)17)2-3-9(8)14/h2-6H,1H3. The number of nitrogens with zero attached hydrogens (tertiary/aromatic N) is 2. The second kappa shape index (κ2) is 5.80. The van der Waals surface area contributed by atoms with E-state index in [2.05, 4.69) is 25.9 Å². The zero-order valence-electron chi connectivity index (χ0n) is 10.6. The van der Waals surface area contributed by atoms with Crippen molar-refractivity contribution in [3.8, 4) is 5.88 Å². The van der Waals surface area contributed by atoms with Crippen LogP contribution >= 0.6 is 15.9 Å². The highest BCUT2D eigenvalue weighted by atomic mass is 79.9. The quantitative estimate of drug-likeness (QED) is 0.786. The summed E-state index contributed by atoms with van der Waals surface area (Å²) in [5.74, 6) is -0.760. The molecule has 110 valence electrons. The zero-order valence-corrected chi connectivity index (χ0v) is 12.2. The summed E-state index contributed by atoms with van der Waals surface area (Å²) < 4.78 is 43.3. The summed E-state index contributed by atoms with van der Waals surface area (Å²) in [7, 11) is 1.29. The molecule has 0 radical (unpaired) electrons. The van der Waals surface area contributed by atoms with Gasteiger partial charge in [0.15, 0.2) is 5.69 Å². The first-order valence-electron chi connectivity index (χ1n) is 5.61. The number of hydrogen-bond donors (Lipinski definition) is 0. The van der Waals surface area contributed by atoms with Crippen LogP contribution in [0.15, 0.2) is 35.1 Å². The molecule has 0 saturated carbocycles. The molecule has 8 heteroatoms. The maximum Gasteiger partial charge on any atom is 0.416 e. The molecule has 0 atom stereocenters. The van der Waals surface area contributed by atoms with Gasteiger partial charge in [0.1, 0.15) is 0 Å². The molecule has 21 heavy (non-hydrogen) atoms. The first-order valence-corrected chi connectivity index (χ1v) is 6.40. The van der Waals surface area contributed by atoms with Crippen LogP contribution in [0.1, 0.15) is 21.6 Å². The average molecular weight is 361 g/mol. The second-order valence-corrected chi connectivity index (χ2v) is 4.79. The Bertz CT molecular complexity index is 689. The Hall–Kier alpha value is -1.96. The fourth-order valence-corrected chi connectivity index (χ4v) is 2.06. The molecule has 0 aliphatic carbocycles. The van der Waals surface area contributed by atoms with Crippen LogP contribution in [0.4, 0.5) is 13.2 Å². The summed E-state index contributed by atoms with van der Waals surface area (Å²) in [5, 5.41) is 0. The van der Waals surface area contributed by atoms with Gasteiger partial charge in [-0.05, 0) is 18.2 Å². The zero-order chi connectivity index (χ0) is 15.6. The molecule has 4 nitrogen and oxygen atoms in total. The highest BCUT2D eigenvalue weighted by Crippen LogP contribution is 2.33. The van der Waals surface area contributed by atoms with E-state index in [0.717, 1.165) is 12.1 Å². The lowest BCUT2D eigenvalue weighted by atomic mass is 10.0. The van der Waals surface area contributed by atoms with E-state index < -0.39 is 17.5 Å². The third-order valence-electron chi connectivity index (χ3n) is 2.61. The van der Waals surface area contributed by atoms with Gasteiger partial charge in [0, 0.05) is 22.4 Å². The molecule has 2 aromatic rings. The van der Waals surface area contributed by atoms with E-state index in [9.17, 15) is 18.0 Å². The molecule has 2 rings (SSSR count). The van der Waals surface area contributed by atoms with Gasteiger partial charge < -0.3 is 4.74 Å². The molecule has 0 bridgehead atoms. The number of aromatic nitrogens is 2. The fourth-order valence-electron chi connectivity index (χ4n) is 1.63. The Labute approximate surface area is 126 Å². The van der Waals surface area contributed by atoms with Gasteiger partial charge in [0.25, 0.3) is 0 Å². The van der Waals surface area contributed by atoms with Crippen molar-refractivity contribution < 1.29 is 22.7 Å². The fraction of sp³-hybridized carbons (Fsp3) is 0.154. The van der Waals surface area contributed by atoms with Crippen LogP contribution < -0.4 is 4.74 Å². The van der Waals surface area contributed by atoms with Crippen LogP contribution in [0.2, 0.25) is 0 Å². The van der Waals surface area contributed by atoms with Crippen molar-refractivity contribution in [2.75, 3.05) is 7.11 Å². The maximum atomic E-state index is 12.7. The Balaban J connectivity index is 2.53. The number of hydrogen-bond acceptors (Lipinski definition) is 4. The molecule has 0 spiro atoms. The number of ketones is 1. The maximum absolute atomic E-state index is 12.7. The minimum atomic E-state index is -4.54. The number of halogens is 4. The van der Waals surface area contributed by atoms with Gasteiger partial charge in [-0.25, -0.2) is 9.97 Å². The van der Waals surface area contributed by atoms with Crippen LogP contribution in [0, 0.1) is 0 Å². The predicted molar refractivity (Wildman–Crippen MR) is 71.2 cm³/mol. The summed E-state index contributed by atoms with van der Waals surface area (Å²) in [4.78, 5) is 20.0. The highest BCUT2D eigenvalue weighted by molar-refractivity contribution is 9.10. The van der Waals surface area contributed by atoms with Crippen molar-refractivity contribution in [1.82, 2.24) is 9.97 Å². The second-order valence-electron chi connectivity index (χ2n) is 3.94. The first-order chi connectivity index (χ1) is 9.84. The number of carbonyl (C=O) groups is 1. The topological polar surface area (TPSA) is 52.1 Å². The van der Waals surface area contributed by atoms with Gasteiger partial charge in [-0.1, -0.05) is 15.9 Å². The molecular weight excluding hydrogens is 353 g/mol. The number of carbonyl (C=O) groups excluding carboxylic acids is 1. The van der Waals surface area contributed by atoms with Crippen LogP contribution in [-0.2, 0) is 6.18 Å². The minimum absolute atomic E-state index is 0.0492. The molecule has 1 aromatic carbocycles. The lowest BCUT2D eigenvalue weighted by Gasteiger charge is -2.10. The van der Waals surface area contributed by atoms with E-state index in [1.807, 2.05) is 0 Å². The normalized spacial score (nSPS) is 11.3. The minimum Gasteiger partial charge on any atom is -0.479 e. The molecular formula is C13H8BrF3N2O2. The Morgan fingerprint density at radius 3 is 2.52 bits per heavy atom. The molecule has 1 aromatic heterocycles. The van der Waals surface area contributed by atoms with Gasteiger partial charge in [0.2, 0.25) is 11.7 Å².